The van der Waals surface area contributed by atoms with Crippen LogP contribution < -0.4 is 5.73 Å². The molecule has 0 spiro atoms. The molecule has 2 N–H and O–H groups in total. The SMILES string of the molecule is Cc1c(Br)cccc1/C(N)=C/C#N. The summed E-state index contributed by atoms with van der Waals surface area (Å²) < 4.78 is 0.999. The lowest BCUT2D eigenvalue weighted by Gasteiger charge is -2.06. The van der Waals surface area contributed by atoms with E-state index in [4.69, 9.17) is 11.0 Å². The predicted octanol–water partition coefficient (Wildman–Crippen LogP) is 2.58. The van der Waals surface area contributed by atoms with Gasteiger partial charge in [-0.3, -0.25) is 0 Å². The van der Waals surface area contributed by atoms with Gasteiger partial charge in [-0.1, -0.05) is 28.1 Å². The van der Waals surface area contributed by atoms with Gasteiger partial charge in [-0.25, -0.2) is 0 Å². The molecule has 0 radical (unpaired) electrons. The van der Waals surface area contributed by atoms with Crippen LogP contribution in [0.25, 0.3) is 5.70 Å². The summed E-state index contributed by atoms with van der Waals surface area (Å²) in [6, 6.07) is 7.64. The number of nitriles is 1. The van der Waals surface area contributed by atoms with E-state index < -0.39 is 0 Å². The Hall–Kier alpha value is -1.27. The van der Waals surface area contributed by atoms with E-state index in [0.717, 1.165) is 15.6 Å². The molecule has 0 saturated carbocycles. The number of rotatable bonds is 1. The zero-order valence-corrected chi connectivity index (χ0v) is 8.80. The van der Waals surface area contributed by atoms with Gasteiger partial charge in [0.15, 0.2) is 0 Å². The smallest absolute Gasteiger partial charge is 0.0933 e. The Morgan fingerprint density at radius 1 is 1.62 bits per heavy atom. The molecular formula is C10H9BrN2. The van der Waals surface area contributed by atoms with Crippen molar-refractivity contribution in [3.8, 4) is 6.07 Å². The van der Waals surface area contributed by atoms with Crippen molar-refractivity contribution in [3.63, 3.8) is 0 Å². The first kappa shape index (κ1) is 9.82. The zero-order valence-electron chi connectivity index (χ0n) is 7.21. The summed E-state index contributed by atoms with van der Waals surface area (Å²) in [5, 5.41) is 8.44. The van der Waals surface area contributed by atoms with Gasteiger partial charge < -0.3 is 5.73 Å². The summed E-state index contributed by atoms with van der Waals surface area (Å²) in [7, 11) is 0. The lowest BCUT2D eigenvalue weighted by molar-refractivity contribution is 1.36. The van der Waals surface area contributed by atoms with Gasteiger partial charge in [-0.15, -0.1) is 0 Å². The van der Waals surface area contributed by atoms with Crippen molar-refractivity contribution >= 4 is 21.6 Å². The highest BCUT2D eigenvalue weighted by atomic mass is 79.9. The molecule has 0 fully saturated rings. The van der Waals surface area contributed by atoms with Crippen LogP contribution in [0.1, 0.15) is 11.1 Å². The number of hydrogen-bond donors (Lipinski definition) is 1. The number of nitrogens with two attached hydrogens (primary N) is 1. The molecule has 0 aliphatic carbocycles. The third kappa shape index (κ3) is 2.10. The Kier molecular flexibility index (Phi) is 3.10. The molecule has 66 valence electrons. The van der Waals surface area contributed by atoms with E-state index in [-0.39, 0.29) is 0 Å². The Morgan fingerprint density at radius 2 is 2.31 bits per heavy atom. The predicted molar refractivity (Wildman–Crippen MR) is 56.7 cm³/mol. The third-order valence-corrected chi connectivity index (χ3v) is 2.66. The van der Waals surface area contributed by atoms with Gasteiger partial charge >= 0.3 is 0 Å². The summed E-state index contributed by atoms with van der Waals surface area (Å²) in [5.74, 6) is 0. The lowest BCUT2D eigenvalue weighted by Crippen LogP contribution is -1.98. The average molecular weight is 237 g/mol. The molecule has 0 aliphatic heterocycles. The molecule has 0 amide bonds. The number of benzene rings is 1. The van der Waals surface area contributed by atoms with Gasteiger partial charge in [-0.05, 0) is 18.6 Å². The van der Waals surface area contributed by atoms with Crippen LogP contribution in [0.5, 0.6) is 0 Å². The van der Waals surface area contributed by atoms with Crippen LogP contribution >= 0.6 is 15.9 Å². The summed E-state index contributed by atoms with van der Waals surface area (Å²) in [6.45, 7) is 1.96. The Bertz CT molecular complexity index is 388. The van der Waals surface area contributed by atoms with E-state index in [9.17, 15) is 0 Å². The molecule has 0 saturated heterocycles. The minimum atomic E-state index is 0.501. The topological polar surface area (TPSA) is 49.8 Å². The summed E-state index contributed by atoms with van der Waals surface area (Å²) in [6.07, 6.45) is 1.34. The molecule has 1 rings (SSSR count). The van der Waals surface area contributed by atoms with Crippen molar-refractivity contribution in [2.45, 2.75) is 6.92 Å². The average Bonchev–Trinajstić information content (AvgIpc) is 2.10. The van der Waals surface area contributed by atoms with Gasteiger partial charge in [0.1, 0.15) is 0 Å². The normalized spacial score (nSPS) is 11.0. The maximum Gasteiger partial charge on any atom is 0.0933 e. The molecule has 0 bridgehead atoms. The summed E-state index contributed by atoms with van der Waals surface area (Å²) >= 11 is 3.40. The van der Waals surface area contributed by atoms with Crippen LogP contribution in [0.3, 0.4) is 0 Å². The van der Waals surface area contributed by atoms with Gasteiger partial charge in [0.2, 0.25) is 0 Å². The number of hydrogen-bond acceptors (Lipinski definition) is 2. The molecule has 3 heteroatoms. The van der Waals surface area contributed by atoms with Gasteiger partial charge in [-0.2, -0.15) is 5.26 Å². The second-order valence-corrected chi connectivity index (χ2v) is 3.50. The van der Waals surface area contributed by atoms with Crippen molar-refractivity contribution in [2.24, 2.45) is 5.73 Å². The van der Waals surface area contributed by atoms with E-state index >= 15 is 0 Å². The van der Waals surface area contributed by atoms with Crippen LogP contribution in [-0.4, -0.2) is 0 Å². The second kappa shape index (κ2) is 4.11. The van der Waals surface area contributed by atoms with Crippen LogP contribution in [-0.2, 0) is 0 Å². The highest BCUT2D eigenvalue weighted by molar-refractivity contribution is 9.10. The molecule has 1 aromatic rings. The molecule has 0 unspecified atom stereocenters. The molecule has 0 aromatic heterocycles. The standard InChI is InChI=1S/C10H9BrN2/c1-7-8(10(13)5-6-12)3-2-4-9(7)11/h2-5H,13H2,1H3/b10-5-. The number of nitrogens with zero attached hydrogens (tertiary/aromatic N) is 1. The fourth-order valence-corrected chi connectivity index (χ4v) is 1.43. The maximum absolute atomic E-state index is 8.44. The van der Waals surface area contributed by atoms with Gasteiger partial charge in [0, 0.05) is 21.8 Å². The molecule has 1 aromatic carbocycles. The first-order valence-corrected chi connectivity index (χ1v) is 4.57. The Morgan fingerprint density at radius 3 is 2.92 bits per heavy atom. The summed E-state index contributed by atoms with van der Waals surface area (Å²) in [4.78, 5) is 0. The van der Waals surface area contributed by atoms with E-state index in [1.807, 2.05) is 31.2 Å². The van der Waals surface area contributed by atoms with E-state index in [0.29, 0.717) is 5.70 Å². The molecule has 0 atom stereocenters. The van der Waals surface area contributed by atoms with Gasteiger partial charge in [0.05, 0.1) is 6.07 Å². The van der Waals surface area contributed by atoms with Crippen molar-refractivity contribution in [1.82, 2.24) is 0 Å². The fraction of sp³-hybridized carbons (Fsp3) is 0.100. The lowest BCUT2D eigenvalue weighted by atomic mass is 10.1. The van der Waals surface area contributed by atoms with Crippen LogP contribution in [0, 0.1) is 18.3 Å². The molecule has 2 nitrogen and oxygen atoms in total. The van der Waals surface area contributed by atoms with Crippen LogP contribution in [0.4, 0.5) is 0 Å². The monoisotopic (exact) mass is 236 g/mol. The van der Waals surface area contributed by atoms with E-state index in [1.54, 1.807) is 0 Å². The number of halogens is 1. The number of allylic oxidation sites excluding steroid dienone is 1. The zero-order chi connectivity index (χ0) is 9.84. The summed E-state index contributed by atoms with van der Waals surface area (Å²) in [5.41, 5.74) is 8.14. The minimum Gasteiger partial charge on any atom is -0.398 e. The first-order valence-electron chi connectivity index (χ1n) is 3.77. The van der Waals surface area contributed by atoms with Crippen LogP contribution in [0.15, 0.2) is 28.7 Å². The van der Waals surface area contributed by atoms with E-state index in [1.165, 1.54) is 6.08 Å². The van der Waals surface area contributed by atoms with Gasteiger partial charge in [0.25, 0.3) is 0 Å². The Labute approximate surface area is 85.8 Å². The van der Waals surface area contributed by atoms with Crippen molar-refractivity contribution in [2.75, 3.05) is 0 Å². The van der Waals surface area contributed by atoms with Crippen LogP contribution in [0.2, 0.25) is 0 Å². The van der Waals surface area contributed by atoms with Crippen molar-refractivity contribution in [3.05, 3.63) is 39.9 Å². The van der Waals surface area contributed by atoms with Crippen molar-refractivity contribution < 1.29 is 0 Å². The molecule has 13 heavy (non-hydrogen) atoms. The molecule has 0 heterocycles. The third-order valence-electron chi connectivity index (χ3n) is 1.80. The Balaban J connectivity index is 3.25. The minimum absolute atomic E-state index is 0.501. The molecular weight excluding hydrogens is 228 g/mol. The van der Waals surface area contributed by atoms with Crippen molar-refractivity contribution in [1.29, 1.82) is 5.26 Å². The quantitative estimate of drug-likeness (QED) is 0.763. The largest absolute Gasteiger partial charge is 0.398 e. The van der Waals surface area contributed by atoms with E-state index in [2.05, 4.69) is 15.9 Å². The highest BCUT2D eigenvalue weighted by Crippen LogP contribution is 2.22. The first-order chi connectivity index (χ1) is 6.16. The second-order valence-electron chi connectivity index (χ2n) is 2.64. The highest BCUT2D eigenvalue weighted by Gasteiger charge is 2.03. The fourth-order valence-electron chi connectivity index (χ4n) is 1.07. The molecule has 0 aliphatic rings. The maximum atomic E-state index is 8.44.